The van der Waals surface area contributed by atoms with Gasteiger partial charge in [-0.1, -0.05) is 60.7 Å². The minimum atomic E-state index is -0.765. The minimum absolute atomic E-state index is 0.0262. The van der Waals surface area contributed by atoms with Crippen molar-refractivity contribution in [3.05, 3.63) is 77.9 Å². The summed E-state index contributed by atoms with van der Waals surface area (Å²) < 4.78 is 11.8. The van der Waals surface area contributed by atoms with E-state index in [1.165, 1.54) is 18.1 Å². The Hall–Kier alpha value is -2.50. The summed E-state index contributed by atoms with van der Waals surface area (Å²) in [6.45, 7) is 0.340. The molecule has 6 rings (SSSR count). The van der Waals surface area contributed by atoms with Gasteiger partial charge in [-0.3, -0.25) is 9.69 Å². The SMILES string of the molecule is COC(=O)[C@@]12COc3ccc4ccccc4c3[C@H]1N1CSC[C@@H]1[C@H]2c1ccccc1. The van der Waals surface area contributed by atoms with Crippen LogP contribution in [0, 0.1) is 5.41 Å². The molecule has 0 aliphatic carbocycles. The second-order valence-corrected chi connectivity index (χ2v) is 9.39. The van der Waals surface area contributed by atoms with Crippen molar-refractivity contribution in [1.29, 1.82) is 0 Å². The Morgan fingerprint density at radius 3 is 2.73 bits per heavy atom. The number of fused-ring (bicyclic) bond motifs is 7. The van der Waals surface area contributed by atoms with Crippen LogP contribution in [0.3, 0.4) is 0 Å². The fourth-order valence-corrected chi connectivity index (χ4v) is 7.26. The second kappa shape index (κ2) is 6.76. The zero-order valence-electron chi connectivity index (χ0n) is 16.8. The van der Waals surface area contributed by atoms with E-state index in [2.05, 4.69) is 65.6 Å². The van der Waals surface area contributed by atoms with Crippen LogP contribution in [-0.2, 0) is 9.53 Å². The summed E-state index contributed by atoms with van der Waals surface area (Å²) in [7, 11) is 1.51. The molecule has 0 aromatic heterocycles. The second-order valence-electron chi connectivity index (χ2n) is 8.39. The largest absolute Gasteiger partial charge is 0.492 e. The van der Waals surface area contributed by atoms with E-state index < -0.39 is 5.41 Å². The van der Waals surface area contributed by atoms with Gasteiger partial charge in [-0.15, -0.1) is 11.8 Å². The van der Waals surface area contributed by atoms with Gasteiger partial charge in [0.25, 0.3) is 0 Å². The Morgan fingerprint density at radius 1 is 1.10 bits per heavy atom. The zero-order valence-corrected chi connectivity index (χ0v) is 17.6. The molecule has 2 fully saturated rings. The molecule has 3 aliphatic heterocycles. The Labute approximate surface area is 180 Å². The van der Waals surface area contributed by atoms with Gasteiger partial charge in [0.1, 0.15) is 17.8 Å². The van der Waals surface area contributed by atoms with E-state index in [1.807, 2.05) is 17.8 Å². The van der Waals surface area contributed by atoms with E-state index in [1.54, 1.807) is 0 Å². The summed E-state index contributed by atoms with van der Waals surface area (Å²) in [5.74, 6) is 2.68. The van der Waals surface area contributed by atoms with Crippen LogP contribution in [0.1, 0.15) is 23.1 Å². The first-order chi connectivity index (χ1) is 14.8. The summed E-state index contributed by atoms with van der Waals surface area (Å²) in [5, 5.41) is 2.34. The molecule has 0 unspecified atom stereocenters. The Morgan fingerprint density at radius 2 is 1.90 bits per heavy atom. The lowest BCUT2D eigenvalue weighted by Gasteiger charge is -2.43. The molecule has 3 heterocycles. The van der Waals surface area contributed by atoms with Crippen molar-refractivity contribution in [2.75, 3.05) is 25.3 Å². The van der Waals surface area contributed by atoms with Crippen LogP contribution in [0.25, 0.3) is 10.8 Å². The van der Waals surface area contributed by atoms with Crippen molar-refractivity contribution in [3.63, 3.8) is 0 Å². The van der Waals surface area contributed by atoms with Gasteiger partial charge in [-0.2, -0.15) is 0 Å². The summed E-state index contributed by atoms with van der Waals surface area (Å²) in [6, 6.07) is 23.2. The number of nitrogens with zero attached hydrogens (tertiary/aromatic N) is 1. The Bertz CT molecular complexity index is 1130. The molecule has 3 aromatic carbocycles. The monoisotopic (exact) mass is 417 g/mol. The molecule has 2 saturated heterocycles. The molecule has 30 heavy (non-hydrogen) atoms. The average molecular weight is 418 g/mol. The van der Waals surface area contributed by atoms with E-state index in [0.717, 1.165) is 28.3 Å². The Balaban J connectivity index is 1.65. The highest BCUT2D eigenvalue weighted by atomic mass is 32.2. The van der Waals surface area contributed by atoms with Crippen molar-refractivity contribution < 1.29 is 14.3 Å². The molecule has 4 nitrogen and oxygen atoms in total. The number of benzene rings is 3. The summed E-state index contributed by atoms with van der Waals surface area (Å²) in [6.07, 6.45) is 0. The molecule has 3 aromatic rings. The fourth-order valence-electron chi connectivity index (χ4n) is 5.97. The van der Waals surface area contributed by atoms with Crippen LogP contribution in [0.2, 0.25) is 0 Å². The number of hydrogen-bond donors (Lipinski definition) is 0. The third-order valence-corrected chi connectivity index (χ3v) is 8.17. The molecule has 0 saturated carbocycles. The highest BCUT2D eigenvalue weighted by Gasteiger charge is 2.68. The van der Waals surface area contributed by atoms with Gasteiger partial charge in [0.2, 0.25) is 0 Å². The Kier molecular flexibility index (Phi) is 4.12. The quantitative estimate of drug-likeness (QED) is 0.570. The maximum absolute atomic E-state index is 13.6. The number of ether oxygens (including phenoxy) is 2. The predicted molar refractivity (Wildman–Crippen MR) is 119 cm³/mol. The van der Waals surface area contributed by atoms with E-state index >= 15 is 0 Å². The molecule has 0 amide bonds. The lowest BCUT2D eigenvalue weighted by Crippen LogP contribution is -2.49. The number of thioether (sulfide) groups is 1. The van der Waals surface area contributed by atoms with Gasteiger partial charge in [0.15, 0.2) is 0 Å². The maximum atomic E-state index is 13.6. The lowest BCUT2D eigenvalue weighted by atomic mass is 9.66. The third kappa shape index (κ3) is 2.30. The van der Waals surface area contributed by atoms with E-state index in [0.29, 0.717) is 6.61 Å². The van der Waals surface area contributed by atoms with Crippen molar-refractivity contribution in [1.82, 2.24) is 4.90 Å². The van der Waals surface area contributed by atoms with Crippen LogP contribution in [0.15, 0.2) is 66.7 Å². The molecular formula is C25H23NO3S. The van der Waals surface area contributed by atoms with Crippen LogP contribution in [0.4, 0.5) is 0 Å². The van der Waals surface area contributed by atoms with Gasteiger partial charge in [-0.05, 0) is 22.4 Å². The highest BCUT2D eigenvalue weighted by Crippen LogP contribution is 2.64. The van der Waals surface area contributed by atoms with Gasteiger partial charge in [0.05, 0.1) is 13.2 Å². The maximum Gasteiger partial charge on any atom is 0.317 e. The van der Waals surface area contributed by atoms with Gasteiger partial charge >= 0.3 is 5.97 Å². The van der Waals surface area contributed by atoms with Gasteiger partial charge < -0.3 is 9.47 Å². The molecule has 0 bridgehead atoms. The normalized spacial score (nSPS) is 29.7. The molecule has 152 valence electrons. The van der Waals surface area contributed by atoms with Gasteiger partial charge in [0, 0.05) is 29.2 Å². The number of methoxy groups -OCH3 is 1. The molecule has 0 radical (unpaired) electrons. The molecule has 0 N–H and O–H groups in total. The van der Waals surface area contributed by atoms with Crippen LogP contribution < -0.4 is 4.74 Å². The number of hydrogen-bond acceptors (Lipinski definition) is 5. The number of carbonyl (C=O) groups is 1. The third-order valence-electron chi connectivity index (χ3n) is 7.11. The molecular weight excluding hydrogens is 394 g/mol. The standard InChI is InChI=1S/C25H23NO3S/c1-28-24(27)25-14-29-20-12-11-16-7-5-6-10-18(16)21(20)23(25)26-15-30-13-19(26)22(25)17-8-3-2-4-9-17/h2-12,19,22-23H,13-15H2,1H3/t19-,22-,23-,25-/m1/s1. The number of rotatable bonds is 2. The zero-order chi connectivity index (χ0) is 20.3. The van der Waals surface area contributed by atoms with Crippen molar-refractivity contribution >= 4 is 28.5 Å². The highest BCUT2D eigenvalue weighted by molar-refractivity contribution is 7.99. The topological polar surface area (TPSA) is 38.8 Å². The molecule has 5 heteroatoms. The van der Waals surface area contributed by atoms with E-state index in [-0.39, 0.29) is 24.0 Å². The first kappa shape index (κ1) is 18.3. The molecule has 4 atom stereocenters. The number of carbonyl (C=O) groups excluding carboxylic acids is 1. The summed E-state index contributed by atoms with van der Waals surface area (Å²) >= 11 is 1.95. The van der Waals surface area contributed by atoms with Crippen molar-refractivity contribution in [2.45, 2.75) is 18.0 Å². The predicted octanol–water partition coefficient (Wildman–Crippen LogP) is 4.61. The van der Waals surface area contributed by atoms with Crippen molar-refractivity contribution in [3.8, 4) is 5.75 Å². The smallest absolute Gasteiger partial charge is 0.317 e. The van der Waals surface area contributed by atoms with Crippen LogP contribution in [0.5, 0.6) is 5.75 Å². The fraction of sp³-hybridized carbons (Fsp3) is 0.320. The van der Waals surface area contributed by atoms with Gasteiger partial charge in [-0.25, -0.2) is 0 Å². The van der Waals surface area contributed by atoms with Crippen LogP contribution >= 0.6 is 11.8 Å². The minimum Gasteiger partial charge on any atom is -0.492 e. The van der Waals surface area contributed by atoms with E-state index in [9.17, 15) is 4.79 Å². The van der Waals surface area contributed by atoms with Crippen LogP contribution in [-0.4, -0.2) is 42.3 Å². The summed E-state index contributed by atoms with van der Waals surface area (Å²) in [4.78, 5) is 16.1. The first-order valence-corrected chi connectivity index (χ1v) is 11.5. The summed E-state index contributed by atoms with van der Waals surface area (Å²) in [5.41, 5.74) is 1.56. The van der Waals surface area contributed by atoms with E-state index in [4.69, 9.17) is 9.47 Å². The first-order valence-electron chi connectivity index (χ1n) is 10.4. The van der Waals surface area contributed by atoms with Crippen molar-refractivity contribution in [2.24, 2.45) is 5.41 Å². The molecule has 3 aliphatic rings. The average Bonchev–Trinajstić information content (AvgIpc) is 3.37. The lowest BCUT2D eigenvalue weighted by molar-refractivity contribution is -0.159. The molecule has 0 spiro atoms. The number of esters is 1.